The Morgan fingerprint density at radius 2 is 2.08 bits per heavy atom. The number of rotatable bonds is 5. The van der Waals surface area contributed by atoms with Gasteiger partial charge in [0, 0.05) is 31.8 Å². The standard InChI is InChI=1S/C18H19ClN4O2/c1-13(24)23-8-2-3-17(23)10-20-18(25)15-6-4-14(5-7-15)11-22-12-16(19)9-21-22/h2-7,9,12,17H,8,10-11H2,1H3,(H,20,25). The van der Waals surface area contributed by atoms with Crippen molar-refractivity contribution in [1.82, 2.24) is 20.0 Å². The van der Waals surface area contributed by atoms with Gasteiger partial charge in [-0.25, -0.2) is 0 Å². The lowest BCUT2D eigenvalue weighted by molar-refractivity contribution is -0.129. The molecule has 1 aromatic heterocycles. The minimum Gasteiger partial charge on any atom is -0.350 e. The lowest BCUT2D eigenvalue weighted by Gasteiger charge is -2.23. The Morgan fingerprint density at radius 1 is 1.32 bits per heavy atom. The van der Waals surface area contributed by atoms with Crippen molar-refractivity contribution in [3.8, 4) is 0 Å². The van der Waals surface area contributed by atoms with Crippen LogP contribution in [-0.4, -0.2) is 45.6 Å². The van der Waals surface area contributed by atoms with Crippen LogP contribution < -0.4 is 5.32 Å². The van der Waals surface area contributed by atoms with Crippen LogP contribution in [0.1, 0.15) is 22.8 Å². The van der Waals surface area contributed by atoms with Gasteiger partial charge >= 0.3 is 0 Å². The highest BCUT2D eigenvalue weighted by atomic mass is 35.5. The van der Waals surface area contributed by atoms with Crippen LogP contribution >= 0.6 is 11.6 Å². The number of amides is 2. The van der Waals surface area contributed by atoms with Crippen molar-refractivity contribution in [2.75, 3.05) is 13.1 Å². The number of carbonyl (C=O) groups excluding carboxylic acids is 2. The van der Waals surface area contributed by atoms with Gasteiger partial charge in [0.15, 0.2) is 0 Å². The first-order valence-corrected chi connectivity index (χ1v) is 8.39. The zero-order valence-electron chi connectivity index (χ0n) is 13.9. The molecule has 6 nitrogen and oxygen atoms in total. The van der Waals surface area contributed by atoms with Crippen molar-refractivity contribution in [1.29, 1.82) is 0 Å². The molecule has 1 aliphatic rings. The first-order valence-electron chi connectivity index (χ1n) is 8.02. The van der Waals surface area contributed by atoms with Gasteiger partial charge in [-0.2, -0.15) is 5.10 Å². The van der Waals surface area contributed by atoms with Gasteiger partial charge < -0.3 is 10.2 Å². The molecule has 1 atom stereocenters. The number of benzene rings is 1. The summed E-state index contributed by atoms with van der Waals surface area (Å²) >= 11 is 5.85. The van der Waals surface area contributed by atoms with Crippen LogP contribution in [0.25, 0.3) is 0 Å². The quantitative estimate of drug-likeness (QED) is 0.832. The van der Waals surface area contributed by atoms with Crippen LogP contribution in [-0.2, 0) is 11.3 Å². The lowest BCUT2D eigenvalue weighted by Crippen LogP contribution is -2.42. The van der Waals surface area contributed by atoms with Gasteiger partial charge in [0.05, 0.1) is 23.8 Å². The van der Waals surface area contributed by atoms with E-state index in [4.69, 9.17) is 11.6 Å². The maximum atomic E-state index is 12.3. The summed E-state index contributed by atoms with van der Waals surface area (Å²) in [7, 11) is 0. The number of carbonyl (C=O) groups is 2. The third-order valence-electron chi connectivity index (χ3n) is 4.10. The van der Waals surface area contributed by atoms with E-state index in [0.29, 0.717) is 30.2 Å². The van der Waals surface area contributed by atoms with Gasteiger partial charge in [0.25, 0.3) is 5.91 Å². The van der Waals surface area contributed by atoms with Crippen molar-refractivity contribution in [2.24, 2.45) is 0 Å². The fraction of sp³-hybridized carbons (Fsp3) is 0.278. The van der Waals surface area contributed by atoms with Gasteiger partial charge in [-0.3, -0.25) is 14.3 Å². The van der Waals surface area contributed by atoms with E-state index in [1.807, 2.05) is 24.3 Å². The molecule has 2 amide bonds. The first kappa shape index (κ1) is 17.2. The van der Waals surface area contributed by atoms with E-state index in [1.165, 1.54) is 6.92 Å². The molecule has 0 saturated carbocycles. The van der Waals surface area contributed by atoms with Crippen LogP contribution in [0.2, 0.25) is 5.02 Å². The molecule has 0 aliphatic carbocycles. The fourth-order valence-corrected chi connectivity index (χ4v) is 2.94. The highest BCUT2D eigenvalue weighted by Crippen LogP contribution is 2.11. The summed E-state index contributed by atoms with van der Waals surface area (Å²) in [5.41, 5.74) is 1.61. The second kappa shape index (κ2) is 7.53. The summed E-state index contributed by atoms with van der Waals surface area (Å²) < 4.78 is 1.74. The summed E-state index contributed by atoms with van der Waals surface area (Å²) in [6.07, 6.45) is 7.22. The molecule has 0 fully saturated rings. The highest BCUT2D eigenvalue weighted by molar-refractivity contribution is 6.30. The molecule has 2 heterocycles. The van der Waals surface area contributed by atoms with Crippen molar-refractivity contribution in [3.05, 3.63) is 65.0 Å². The van der Waals surface area contributed by atoms with E-state index < -0.39 is 0 Å². The van der Waals surface area contributed by atoms with Gasteiger partial charge in [0.2, 0.25) is 5.91 Å². The molecule has 1 aromatic carbocycles. The monoisotopic (exact) mass is 358 g/mol. The van der Waals surface area contributed by atoms with Gasteiger partial charge in [0.1, 0.15) is 0 Å². The number of hydrogen-bond acceptors (Lipinski definition) is 3. The summed E-state index contributed by atoms with van der Waals surface area (Å²) in [5, 5.41) is 7.60. The van der Waals surface area contributed by atoms with E-state index >= 15 is 0 Å². The van der Waals surface area contributed by atoms with Gasteiger partial charge in [-0.15, -0.1) is 0 Å². The lowest BCUT2D eigenvalue weighted by atomic mass is 10.1. The van der Waals surface area contributed by atoms with Crippen LogP contribution in [0.3, 0.4) is 0 Å². The number of hydrogen-bond donors (Lipinski definition) is 1. The molecule has 1 aliphatic heterocycles. The van der Waals surface area contributed by atoms with Crippen molar-refractivity contribution >= 4 is 23.4 Å². The Balaban J connectivity index is 1.55. The molecule has 130 valence electrons. The van der Waals surface area contributed by atoms with Crippen LogP contribution in [0, 0.1) is 0 Å². The predicted octanol–water partition coefficient (Wildman–Crippen LogP) is 2.10. The molecule has 0 radical (unpaired) electrons. The normalized spacial score (nSPS) is 16.2. The molecule has 1 N–H and O–H groups in total. The maximum Gasteiger partial charge on any atom is 0.251 e. The van der Waals surface area contributed by atoms with E-state index in [2.05, 4.69) is 10.4 Å². The summed E-state index contributed by atoms with van der Waals surface area (Å²) in [4.78, 5) is 25.5. The molecule has 0 bridgehead atoms. The second-order valence-corrected chi connectivity index (χ2v) is 6.37. The fourth-order valence-electron chi connectivity index (χ4n) is 2.78. The van der Waals surface area contributed by atoms with E-state index in [-0.39, 0.29) is 17.9 Å². The van der Waals surface area contributed by atoms with Gasteiger partial charge in [-0.05, 0) is 17.7 Å². The summed E-state index contributed by atoms with van der Waals surface area (Å²) in [6, 6.07) is 7.26. The van der Waals surface area contributed by atoms with E-state index in [9.17, 15) is 9.59 Å². The molecular formula is C18H19ClN4O2. The van der Waals surface area contributed by atoms with E-state index in [1.54, 1.807) is 34.1 Å². The molecule has 0 saturated heterocycles. The zero-order chi connectivity index (χ0) is 17.8. The molecular weight excluding hydrogens is 340 g/mol. The third-order valence-corrected chi connectivity index (χ3v) is 4.29. The molecule has 2 aromatic rings. The zero-order valence-corrected chi connectivity index (χ0v) is 14.6. The first-order chi connectivity index (χ1) is 12.0. The number of aromatic nitrogens is 2. The Labute approximate surface area is 151 Å². The molecule has 25 heavy (non-hydrogen) atoms. The number of nitrogens with one attached hydrogen (secondary N) is 1. The van der Waals surface area contributed by atoms with E-state index in [0.717, 1.165) is 5.56 Å². The predicted molar refractivity (Wildman–Crippen MR) is 95.4 cm³/mol. The highest BCUT2D eigenvalue weighted by Gasteiger charge is 2.22. The number of nitrogens with zero attached hydrogens (tertiary/aromatic N) is 3. The Kier molecular flexibility index (Phi) is 5.19. The minimum absolute atomic E-state index is 0.00678. The maximum absolute atomic E-state index is 12.3. The minimum atomic E-state index is -0.155. The molecule has 3 rings (SSSR count). The van der Waals surface area contributed by atoms with Gasteiger partial charge in [-0.1, -0.05) is 35.9 Å². The SMILES string of the molecule is CC(=O)N1CC=CC1CNC(=O)c1ccc(Cn2cc(Cl)cn2)cc1. The molecule has 7 heteroatoms. The van der Waals surface area contributed by atoms with Crippen molar-refractivity contribution in [2.45, 2.75) is 19.5 Å². The number of halogens is 1. The molecule has 1 unspecified atom stereocenters. The molecule has 0 spiro atoms. The third kappa shape index (κ3) is 4.28. The van der Waals surface area contributed by atoms with Crippen LogP contribution in [0.15, 0.2) is 48.8 Å². The summed E-state index contributed by atoms with van der Waals surface area (Å²) in [5.74, 6) is -0.148. The van der Waals surface area contributed by atoms with Crippen molar-refractivity contribution < 1.29 is 9.59 Å². The van der Waals surface area contributed by atoms with Crippen LogP contribution in [0.5, 0.6) is 0 Å². The average Bonchev–Trinajstić information content (AvgIpc) is 3.22. The average molecular weight is 359 g/mol. The Hall–Kier alpha value is -2.60. The van der Waals surface area contributed by atoms with Crippen LogP contribution in [0.4, 0.5) is 0 Å². The Morgan fingerprint density at radius 3 is 2.72 bits per heavy atom. The smallest absolute Gasteiger partial charge is 0.251 e. The summed E-state index contributed by atoms with van der Waals surface area (Å²) in [6.45, 7) is 3.13. The Bertz CT molecular complexity index is 798. The second-order valence-electron chi connectivity index (χ2n) is 5.93. The topological polar surface area (TPSA) is 67.2 Å². The largest absolute Gasteiger partial charge is 0.350 e. The van der Waals surface area contributed by atoms with Crippen molar-refractivity contribution in [3.63, 3.8) is 0 Å².